The summed E-state index contributed by atoms with van der Waals surface area (Å²) in [5.41, 5.74) is 12.3. The van der Waals surface area contributed by atoms with Crippen LogP contribution >= 0.6 is 0 Å². The molecule has 1 heterocycles. The van der Waals surface area contributed by atoms with Crippen LogP contribution in [0.25, 0.3) is 16.7 Å². The lowest BCUT2D eigenvalue weighted by Crippen LogP contribution is -2.31. The maximum Gasteiger partial charge on any atom is 0.0503 e. The van der Waals surface area contributed by atoms with Crippen LogP contribution < -0.4 is 4.90 Å². The summed E-state index contributed by atoms with van der Waals surface area (Å²) in [6, 6.07) is 33.2. The molecule has 0 spiro atoms. The molecule has 0 amide bonds. The zero-order valence-electron chi connectivity index (χ0n) is 21.6. The van der Waals surface area contributed by atoms with Crippen molar-refractivity contribution in [1.29, 1.82) is 0 Å². The predicted molar refractivity (Wildman–Crippen MR) is 156 cm³/mol. The molecule has 0 N–H and O–H groups in total. The number of hydrogen-bond acceptors (Lipinski definition) is 1. The van der Waals surface area contributed by atoms with E-state index in [4.69, 9.17) is 0 Å². The van der Waals surface area contributed by atoms with Crippen LogP contribution in [0.4, 0.5) is 17.1 Å². The Labute approximate surface area is 215 Å². The van der Waals surface area contributed by atoms with Crippen molar-refractivity contribution < 1.29 is 0 Å². The number of allylic oxidation sites excluding steroid dienone is 5. The Balaban J connectivity index is 1.69. The van der Waals surface area contributed by atoms with Crippen LogP contribution in [0.15, 0.2) is 122 Å². The lowest BCUT2D eigenvalue weighted by atomic mass is 9.72. The van der Waals surface area contributed by atoms with Gasteiger partial charge in [-0.2, -0.15) is 0 Å². The number of fused-ring (bicyclic) bond motifs is 2. The van der Waals surface area contributed by atoms with Gasteiger partial charge in [0.25, 0.3) is 0 Å². The topological polar surface area (TPSA) is 3.24 Å². The normalized spacial score (nSPS) is 14.4. The Morgan fingerprint density at radius 2 is 1.42 bits per heavy atom. The summed E-state index contributed by atoms with van der Waals surface area (Å²) in [5, 5.41) is 0. The van der Waals surface area contributed by atoms with Gasteiger partial charge in [-0.3, -0.25) is 0 Å². The summed E-state index contributed by atoms with van der Waals surface area (Å²) < 4.78 is 0. The summed E-state index contributed by atoms with van der Waals surface area (Å²) in [5.74, 6) is 0. The van der Waals surface area contributed by atoms with Crippen molar-refractivity contribution in [3.05, 3.63) is 144 Å². The molecule has 0 saturated carbocycles. The summed E-state index contributed by atoms with van der Waals surface area (Å²) in [7, 11) is 0. The van der Waals surface area contributed by atoms with Crippen LogP contribution in [0, 0.1) is 6.92 Å². The fraction of sp³-hybridized carbons (Fsp3) is 0.143. The van der Waals surface area contributed by atoms with E-state index < -0.39 is 0 Å². The maximum absolute atomic E-state index is 3.93. The smallest absolute Gasteiger partial charge is 0.0503 e. The van der Waals surface area contributed by atoms with E-state index in [0.29, 0.717) is 0 Å². The molecule has 4 aromatic rings. The Kier molecular flexibility index (Phi) is 6.24. The highest BCUT2D eigenvalue weighted by molar-refractivity contribution is 5.88. The van der Waals surface area contributed by atoms with Gasteiger partial charge in [-0.1, -0.05) is 111 Å². The molecular weight excluding hydrogens is 434 g/mol. The van der Waals surface area contributed by atoms with Gasteiger partial charge in [-0.15, -0.1) is 0 Å². The first kappa shape index (κ1) is 23.6. The Bertz CT molecular complexity index is 1470. The third kappa shape index (κ3) is 4.12. The number of rotatable bonds is 5. The minimum absolute atomic E-state index is 0.137. The highest BCUT2D eigenvalue weighted by Crippen LogP contribution is 2.52. The molecule has 0 fully saturated rings. The van der Waals surface area contributed by atoms with Crippen molar-refractivity contribution >= 4 is 22.6 Å². The average molecular weight is 468 g/mol. The van der Waals surface area contributed by atoms with Gasteiger partial charge in [0.1, 0.15) is 0 Å². The van der Waals surface area contributed by atoms with Gasteiger partial charge < -0.3 is 4.90 Å². The highest BCUT2D eigenvalue weighted by atomic mass is 15.2. The predicted octanol–water partition coefficient (Wildman–Crippen LogP) is 9.92. The summed E-state index contributed by atoms with van der Waals surface area (Å²) >= 11 is 0. The van der Waals surface area contributed by atoms with E-state index >= 15 is 0 Å². The van der Waals surface area contributed by atoms with E-state index in [9.17, 15) is 0 Å². The molecule has 1 aliphatic heterocycles. The molecule has 1 nitrogen and oxygen atoms in total. The minimum Gasteiger partial charge on any atom is -0.310 e. The molecule has 0 aromatic heterocycles. The van der Waals surface area contributed by atoms with Crippen molar-refractivity contribution in [2.75, 3.05) is 4.90 Å². The molecule has 1 aliphatic rings. The van der Waals surface area contributed by atoms with Crippen molar-refractivity contribution in [2.24, 2.45) is 0 Å². The largest absolute Gasteiger partial charge is 0.310 e. The first-order valence-corrected chi connectivity index (χ1v) is 12.6. The van der Waals surface area contributed by atoms with Gasteiger partial charge >= 0.3 is 0 Å². The first-order chi connectivity index (χ1) is 17.4. The molecule has 178 valence electrons. The standard InChI is InChI=1S/C35H33N/c1-6-11-26(12-7-2)29-18-22-34-32(24-29)35(4,5)31-23-25(3)15-21-33(31)36(34)30-19-16-28(17-20-30)27-13-9-8-10-14-27/h6-24H,1H2,2-5H3/b12-7-,26-11+. The number of nitrogens with zero attached hydrogens (tertiary/aromatic N) is 1. The average Bonchev–Trinajstić information content (AvgIpc) is 2.90. The number of hydrogen-bond donors (Lipinski definition) is 0. The zero-order chi connectivity index (χ0) is 25.3. The van der Waals surface area contributed by atoms with Crippen LogP contribution in [0.2, 0.25) is 0 Å². The van der Waals surface area contributed by atoms with E-state index in [1.165, 1.54) is 56.0 Å². The molecule has 36 heavy (non-hydrogen) atoms. The molecule has 4 aromatic carbocycles. The molecule has 0 bridgehead atoms. The maximum atomic E-state index is 3.93. The number of aryl methyl sites for hydroxylation is 1. The summed E-state index contributed by atoms with van der Waals surface area (Å²) in [6.45, 7) is 12.8. The SMILES string of the molecule is C=C/C=C(\C=C/C)c1ccc2c(c1)C(C)(C)c1cc(C)ccc1N2c1ccc(-c2ccccc2)cc1. The molecule has 0 aliphatic carbocycles. The van der Waals surface area contributed by atoms with Gasteiger partial charge in [-0.25, -0.2) is 0 Å². The van der Waals surface area contributed by atoms with Crippen LogP contribution in [-0.2, 0) is 5.41 Å². The van der Waals surface area contributed by atoms with Gasteiger partial charge in [0, 0.05) is 11.1 Å². The van der Waals surface area contributed by atoms with Gasteiger partial charge in [0.2, 0.25) is 0 Å². The third-order valence-corrected chi connectivity index (χ3v) is 7.19. The Morgan fingerprint density at radius 1 is 0.778 bits per heavy atom. The van der Waals surface area contributed by atoms with Gasteiger partial charge in [-0.05, 0) is 77.6 Å². The lowest BCUT2D eigenvalue weighted by Gasteiger charge is -2.42. The Morgan fingerprint density at radius 3 is 2.08 bits per heavy atom. The van der Waals surface area contributed by atoms with Crippen LogP contribution in [0.3, 0.4) is 0 Å². The van der Waals surface area contributed by atoms with Gasteiger partial charge in [0.15, 0.2) is 0 Å². The van der Waals surface area contributed by atoms with E-state index in [1.807, 2.05) is 6.08 Å². The number of benzene rings is 4. The second-order valence-corrected chi connectivity index (χ2v) is 9.98. The highest BCUT2D eigenvalue weighted by Gasteiger charge is 2.37. The fourth-order valence-corrected chi connectivity index (χ4v) is 5.30. The minimum atomic E-state index is -0.137. The van der Waals surface area contributed by atoms with Crippen molar-refractivity contribution in [1.82, 2.24) is 0 Å². The van der Waals surface area contributed by atoms with E-state index in [-0.39, 0.29) is 5.41 Å². The van der Waals surface area contributed by atoms with Crippen molar-refractivity contribution in [3.63, 3.8) is 0 Å². The summed E-state index contributed by atoms with van der Waals surface area (Å²) in [6.07, 6.45) is 8.17. The molecule has 1 heteroatoms. The zero-order valence-corrected chi connectivity index (χ0v) is 21.6. The van der Waals surface area contributed by atoms with Crippen LogP contribution in [-0.4, -0.2) is 0 Å². The van der Waals surface area contributed by atoms with Gasteiger partial charge in [0.05, 0.1) is 11.4 Å². The second kappa shape index (κ2) is 9.51. The van der Waals surface area contributed by atoms with E-state index in [1.54, 1.807) is 0 Å². The molecular formula is C35H33N. The van der Waals surface area contributed by atoms with Crippen molar-refractivity contribution in [2.45, 2.75) is 33.1 Å². The third-order valence-electron chi connectivity index (χ3n) is 7.19. The van der Waals surface area contributed by atoms with Crippen molar-refractivity contribution in [3.8, 4) is 11.1 Å². The van der Waals surface area contributed by atoms with E-state index in [0.717, 1.165) is 0 Å². The summed E-state index contributed by atoms with van der Waals surface area (Å²) in [4.78, 5) is 2.42. The quantitative estimate of drug-likeness (QED) is 0.264. The fourth-order valence-electron chi connectivity index (χ4n) is 5.30. The molecule has 5 rings (SSSR count). The number of anilines is 3. The first-order valence-electron chi connectivity index (χ1n) is 12.6. The monoisotopic (exact) mass is 467 g/mol. The Hall–Kier alpha value is -4.10. The van der Waals surface area contributed by atoms with Crippen LogP contribution in [0.1, 0.15) is 43.0 Å². The molecule has 0 radical (unpaired) electrons. The second-order valence-electron chi connectivity index (χ2n) is 9.98. The molecule has 0 saturated heterocycles. The lowest BCUT2D eigenvalue weighted by molar-refractivity contribution is 0.631. The molecule has 0 atom stereocenters. The molecule has 0 unspecified atom stereocenters. The van der Waals surface area contributed by atoms with E-state index in [2.05, 4.69) is 148 Å². The van der Waals surface area contributed by atoms with Crippen LogP contribution in [0.5, 0.6) is 0 Å².